The monoisotopic (exact) mass is 435 g/mol. The van der Waals surface area contributed by atoms with Crippen molar-refractivity contribution >= 4 is 35.0 Å². The van der Waals surface area contributed by atoms with Crippen molar-refractivity contribution < 1.29 is 23.9 Å². The minimum absolute atomic E-state index is 0.0389. The average molecular weight is 436 g/mol. The number of rotatable bonds is 5. The number of ether oxygens (including phenoxy) is 2. The minimum Gasteiger partial charge on any atom is -0.495 e. The Balaban J connectivity index is 1.42. The minimum atomic E-state index is -0.422. The van der Waals surface area contributed by atoms with Crippen molar-refractivity contribution in [3.05, 3.63) is 17.2 Å². The van der Waals surface area contributed by atoms with Crippen LogP contribution in [0, 0.1) is 11.8 Å². The van der Waals surface area contributed by atoms with Crippen molar-refractivity contribution in [2.45, 2.75) is 19.3 Å². The van der Waals surface area contributed by atoms with Crippen LogP contribution in [0.1, 0.15) is 19.3 Å². The summed E-state index contributed by atoms with van der Waals surface area (Å²) in [4.78, 5) is 43.1. The molecule has 8 nitrogen and oxygen atoms in total. The summed E-state index contributed by atoms with van der Waals surface area (Å²) < 4.78 is 10.6. The van der Waals surface area contributed by atoms with E-state index in [9.17, 15) is 14.4 Å². The lowest BCUT2D eigenvalue weighted by Crippen LogP contribution is -2.52. The predicted molar refractivity (Wildman–Crippen MR) is 111 cm³/mol. The molecule has 30 heavy (non-hydrogen) atoms. The molecule has 3 amide bonds. The van der Waals surface area contributed by atoms with Crippen molar-refractivity contribution in [2.24, 2.45) is 11.8 Å². The Morgan fingerprint density at radius 1 is 0.933 bits per heavy atom. The summed E-state index contributed by atoms with van der Waals surface area (Å²) in [7, 11) is 3.02. The molecule has 2 saturated heterocycles. The molecule has 9 heteroatoms. The molecule has 0 aromatic heterocycles. The van der Waals surface area contributed by atoms with Gasteiger partial charge in [-0.15, -0.1) is 0 Å². The maximum absolute atomic E-state index is 13.0. The third kappa shape index (κ3) is 3.93. The number of carbonyl (C=O) groups excluding carboxylic acids is 3. The summed E-state index contributed by atoms with van der Waals surface area (Å²) in [6.45, 7) is 2.43. The van der Waals surface area contributed by atoms with Crippen LogP contribution in [0.4, 0.5) is 5.69 Å². The van der Waals surface area contributed by atoms with Crippen LogP contribution in [-0.2, 0) is 14.4 Å². The average Bonchev–Trinajstić information content (AvgIpc) is 3.54. The third-order valence-corrected chi connectivity index (χ3v) is 6.34. The molecule has 0 unspecified atom stereocenters. The molecule has 1 aromatic carbocycles. The van der Waals surface area contributed by atoms with Gasteiger partial charge in [0.25, 0.3) is 0 Å². The first-order valence-corrected chi connectivity index (χ1v) is 10.6. The molecular formula is C21H26ClN3O5. The highest BCUT2D eigenvalue weighted by atomic mass is 35.5. The smallest absolute Gasteiger partial charge is 0.228 e. The zero-order valence-corrected chi connectivity index (χ0v) is 18.0. The van der Waals surface area contributed by atoms with Crippen LogP contribution in [0.25, 0.3) is 0 Å². The molecule has 1 saturated carbocycles. The quantitative estimate of drug-likeness (QED) is 0.704. The number of benzene rings is 1. The SMILES string of the molecule is COc1cc(OC)c(N2C[C@H](C(=O)N3CCN(C(=O)C4CC4)CC3)CC2=O)cc1Cl. The fraction of sp³-hybridized carbons (Fsp3) is 0.571. The van der Waals surface area contributed by atoms with Crippen LogP contribution < -0.4 is 14.4 Å². The molecule has 2 aliphatic heterocycles. The first-order chi connectivity index (χ1) is 14.4. The van der Waals surface area contributed by atoms with Gasteiger partial charge in [0.1, 0.15) is 11.5 Å². The maximum Gasteiger partial charge on any atom is 0.228 e. The van der Waals surface area contributed by atoms with Gasteiger partial charge in [0.2, 0.25) is 17.7 Å². The van der Waals surface area contributed by atoms with Gasteiger partial charge in [-0.2, -0.15) is 0 Å². The summed E-state index contributed by atoms with van der Waals surface area (Å²) in [6.07, 6.45) is 2.11. The van der Waals surface area contributed by atoms with Gasteiger partial charge in [0.15, 0.2) is 0 Å². The second-order valence-electron chi connectivity index (χ2n) is 7.99. The number of hydrogen-bond acceptors (Lipinski definition) is 5. The zero-order valence-electron chi connectivity index (χ0n) is 17.2. The van der Waals surface area contributed by atoms with Crippen molar-refractivity contribution in [1.82, 2.24) is 9.80 Å². The summed E-state index contributed by atoms with van der Waals surface area (Å²) in [5, 5.41) is 0.368. The third-order valence-electron chi connectivity index (χ3n) is 6.05. The maximum atomic E-state index is 13.0. The molecule has 1 atom stereocenters. The van der Waals surface area contributed by atoms with Crippen molar-refractivity contribution in [3.63, 3.8) is 0 Å². The van der Waals surface area contributed by atoms with Gasteiger partial charge in [-0.3, -0.25) is 14.4 Å². The second-order valence-corrected chi connectivity index (χ2v) is 8.40. The molecule has 0 N–H and O–H groups in total. The summed E-state index contributed by atoms with van der Waals surface area (Å²) >= 11 is 6.25. The summed E-state index contributed by atoms with van der Waals surface area (Å²) in [5.74, 6) is 0.722. The lowest BCUT2D eigenvalue weighted by Gasteiger charge is -2.36. The number of amides is 3. The second kappa shape index (κ2) is 8.34. The first kappa shape index (κ1) is 20.8. The van der Waals surface area contributed by atoms with Crippen molar-refractivity contribution in [2.75, 3.05) is 51.8 Å². The number of methoxy groups -OCH3 is 2. The van der Waals surface area contributed by atoms with E-state index >= 15 is 0 Å². The summed E-state index contributed by atoms with van der Waals surface area (Å²) in [5.41, 5.74) is 0.531. The Labute approximate surface area is 180 Å². The molecule has 3 aliphatic rings. The van der Waals surface area contributed by atoms with Crippen LogP contribution in [0.5, 0.6) is 11.5 Å². The molecule has 2 heterocycles. The van der Waals surface area contributed by atoms with Crippen LogP contribution in [0.3, 0.4) is 0 Å². The van der Waals surface area contributed by atoms with Crippen molar-refractivity contribution in [3.8, 4) is 11.5 Å². The lowest BCUT2D eigenvalue weighted by molar-refractivity contribution is -0.142. The number of halogens is 1. The highest BCUT2D eigenvalue weighted by Gasteiger charge is 2.40. The molecule has 0 radical (unpaired) electrons. The predicted octanol–water partition coefficient (Wildman–Crippen LogP) is 1.79. The number of carbonyl (C=O) groups is 3. The van der Waals surface area contributed by atoms with Gasteiger partial charge >= 0.3 is 0 Å². The van der Waals surface area contributed by atoms with Crippen LogP contribution in [0.2, 0.25) is 5.02 Å². The number of piperazine rings is 1. The largest absolute Gasteiger partial charge is 0.495 e. The van der Waals surface area contributed by atoms with E-state index in [2.05, 4.69) is 0 Å². The lowest BCUT2D eigenvalue weighted by atomic mass is 10.1. The van der Waals surface area contributed by atoms with E-state index in [1.807, 2.05) is 4.90 Å². The molecular weight excluding hydrogens is 410 g/mol. The number of anilines is 1. The van der Waals surface area contributed by atoms with Gasteiger partial charge in [0.05, 0.1) is 30.8 Å². The van der Waals surface area contributed by atoms with Gasteiger partial charge in [-0.1, -0.05) is 11.6 Å². The molecule has 1 aromatic rings. The molecule has 162 valence electrons. The van der Waals surface area contributed by atoms with Gasteiger partial charge in [0, 0.05) is 51.1 Å². The number of nitrogens with zero attached hydrogens (tertiary/aromatic N) is 3. The molecule has 3 fully saturated rings. The highest BCUT2D eigenvalue weighted by Crippen LogP contribution is 2.40. The van der Waals surface area contributed by atoms with E-state index in [-0.39, 0.29) is 36.6 Å². The van der Waals surface area contributed by atoms with E-state index in [1.54, 1.807) is 21.9 Å². The Morgan fingerprint density at radius 2 is 1.50 bits per heavy atom. The number of hydrogen-bond donors (Lipinski definition) is 0. The van der Waals surface area contributed by atoms with Gasteiger partial charge in [-0.25, -0.2) is 0 Å². The van der Waals surface area contributed by atoms with Crippen molar-refractivity contribution in [1.29, 1.82) is 0 Å². The fourth-order valence-corrected chi connectivity index (χ4v) is 4.39. The normalized spacial score (nSPS) is 21.8. The fourth-order valence-electron chi connectivity index (χ4n) is 4.15. The Hall–Kier alpha value is -2.48. The topological polar surface area (TPSA) is 79.4 Å². The van der Waals surface area contributed by atoms with Crippen LogP contribution in [-0.4, -0.2) is 74.5 Å². The standard InChI is InChI=1S/C21H26ClN3O5/c1-29-17-11-18(30-2)16(10-15(17)22)25-12-14(9-19(25)26)21(28)24-7-5-23(6-8-24)20(27)13-3-4-13/h10-11,13-14H,3-9,12H2,1-2H3/t14-/m1/s1. The van der Waals surface area contributed by atoms with Gasteiger partial charge in [-0.05, 0) is 18.9 Å². The molecule has 0 bridgehead atoms. The van der Waals surface area contributed by atoms with E-state index in [1.165, 1.54) is 14.2 Å². The van der Waals surface area contributed by atoms with Crippen LogP contribution >= 0.6 is 11.6 Å². The van der Waals surface area contributed by atoms with E-state index < -0.39 is 5.92 Å². The zero-order chi connectivity index (χ0) is 21.4. The van der Waals surface area contributed by atoms with E-state index in [4.69, 9.17) is 21.1 Å². The molecule has 0 spiro atoms. The molecule has 1 aliphatic carbocycles. The Bertz CT molecular complexity index is 864. The van der Waals surface area contributed by atoms with Crippen LogP contribution in [0.15, 0.2) is 12.1 Å². The molecule has 4 rings (SSSR count). The Morgan fingerprint density at radius 3 is 2.03 bits per heavy atom. The van der Waals surface area contributed by atoms with E-state index in [0.29, 0.717) is 48.4 Å². The van der Waals surface area contributed by atoms with E-state index in [0.717, 1.165) is 12.8 Å². The highest BCUT2D eigenvalue weighted by molar-refractivity contribution is 6.32. The summed E-state index contributed by atoms with van der Waals surface area (Å²) in [6, 6.07) is 3.27. The first-order valence-electron chi connectivity index (χ1n) is 10.2. The Kier molecular flexibility index (Phi) is 5.77. The van der Waals surface area contributed by atoms with Gasteiger partial charge < -0.3 is 24.2 Å².